The quantitative estimate of drug-likeness (QED) is 0.531. The van der Waals surface area contributed by atoms with E-state index in [1.54, 1.807) is 12.1 Å². The first-order valence-electron chi connectivity index (χ1n) is 7.45. The summed E-state index contributed by atoms with van der Waals surface area (Å²) in [4.78, 5) is 23.1. The van der Waals surface area contributed by atoms with Crippen molar-refractivity contribution in [1.82, 2.24) is 20.1 Å². The van der Waals surface area contributed by atoms with Gasteiger partial charge in [0.25, 0.3) is 5.56 Å². The summed E-state index contributed by atoms with van der Waals surface area (Å²) in [6.45, 7) is 2.05. The van der Waals surface area contributed by atoms with Gasteiger partial charge in [-0.05, 0) is 30.7 Å². The first-order valence-corrected chi connectivity index (χ1v) is 8.82. The van der Waals surface area contributed by atoms with Gasteiger partial charge in [0.05, 0.1) is 5.75 Å². The summed E-state index contributed by atoms with van der Waals surface area (Å²) in [6.07, 6.45) is 1.72. The molecule has 124 valence electrons. The molecule has 2 aromatic heterocycles. The van der Waals surface area contributed by atoms with Crippen molar-refractivity contribution in [3.05, 3.63) is 57.3 Å². The number of aryl methyl sites for hydroxylation is 1. The maximum absolute atomic E-state index is 11.6. The second-order valence-electron chi connectivity index (χ2n) is 5.10. The summed E-state index contributed by atoms with van der Waals surface area (Å²) in [6, 6.07) is 8.73. The van der Waals surface area contributed by atoms with E-state index in [0.717, 1.165) is 24.1 Å². The molecule has 0 amide bonds. The number of hydrogen-bond donors (Lipinski definition) is 1. The highest BCUT2D eigenvalue weighted by atomic mass is 35.5. The van der Waals surface area contributed by atoms with Gasteiger partial charge in [0.15, 0.2) is 5.16 Å². The van der Waals surface area contributed by atoms with Gasteiger partial charge < -0.3 is 9.51 Å². The summed E-state index contributed by atoms with van der Waals surface area (Å²) in [7, 11) is 0. The van der Waals surface area contributed by atoms with E-state index in [1.165, 1.54) is 17.8 Å². The van der Waals surface area contributed by atoms with Gasteiger partial charge in [-0.3, -0.25) is 4.79 Å². The highest BCUT2D eigenvalue weighted by Gasteiger charge is 2.10. The molecule has 0 bridgehead atoms. The van der Waals surface area contributed by atoms with Crippen molar-refractivity contribution in [3.8, 4) is 11.4 Å². The summed E-state index contributed by atoms with van der Waals surface area (Å²) in [5, 5.41) is 5.16. The fourth-order valence-corrected chi connectivity index (χ4v) is 2.95. The van der Waals surface area contributed by atoms with Gasteiger partial charge in [0.1, 0.15) is 0 Å². The minimum Gasteiger partial charge on any atom is -0.338 e. The first kappa shape index (κ1) is 16.7. The molecule has 1 N–H and O–H groups in total. The third-order valence-electron chi connectivity index (χ3n) is 3.18. The van der Waals surface area contributed by atoms with E-state index in [-0.39, 0.29) is 5.56 Å². The van der Waals surface area contributed by atoms with Crippen molar-refractivity contribution in [3.63, 3.8) is 0 Å². The Hall–Kier alpha value is -2.12. The van der Waals surface area contributed by atoms with Crippen LogP contribution in [0.15, 0.2) is 44.8 Å². The van der Waals surface area contributed by atoms with E-state index >= 15 is 0 Å². The van der Waals surface area contributed by atoms with E-state index in [9.17, 15) is 4.79 Å². The molecule has 6 nitrogen and oxygen atoms in total. The van der Waals surface area contributed by atoms with Crippen LogP contribution in [0.2, 0.25) is 5.02 Å². The fourth-order valence-electron chi connectivity index (χ4n) is 2.10. The Kier molecular flexibility index (Phi) is 5.32. The molecular weight excluding hydrogens is 348 g/mol. The zero-order valence-corrected chi connectivity index (χ0v) is 14.5. The number of aromatic amines is 1. The average molecular weight is 363 g/mol. The number of nitrogens with one attached hydrogen (secondary N) is 1. The number of hydrogen-bond acceptors (Lipinski definition) is 6. The average Bonchev–Trinajstić information content (AvgIpc) is 3.02. The molecule has 0 atom stereocenters. The maximum Gasteiger partial charge on any atom is 0.251 e. The molecule has 0 aliphatic rings. The van der Waals surface area contributed by atoms with Crippen molar-refractivity contribution >= 4 is 23.4 Å². The largest absolute Gasteiger partial charge is 0.338 e. The third kappa shape index (κ3) is 4.24. The Morgan fingerprint density at radius 1 is 1.25 bits per heavy atom. The van der Waals surface area contributed by atoms with E-state index in [4.69, 9.17) is 16.1 Å². The minimum absolute atomic E-state index is 0.150. The Balaban J connectivity index is 1.69. The number of aromatic nitrogens is 4. The predicted octanol–water partition coefficient (Wildman–Crippen LogP) is 3.72. The maximum atomic E-state index is 11.6. The normalized spacial score (nSPS) is 10.9. The zero-order chi connectivity index (χ0) is 16.9. The molecule has 8 heteroatoms. The van der Waals surface area contributed by atoms with E-state index in [2.05, 4.69) is 20.1 Å². The topological polar surface area (TPSA) is 84.7 Å². The third-order valence-corrected chi connectivity index (χ3v) is 4.29. The SMILES string of the molecule is CCCc1cc(=O)[nH]c(SCc2nc(-c3ccc(Cl)cc3)no2)n1. The Labute approximate surface area is 147 Å². The second-order valence-corrected chi connectivity index (χ2v) is 6.50. The van der Waals surface area contributed by atoms with Gasteiger partial charge in [-0.15, -0.1) is 0 Å². The van der Waals surface area contributed by atoms with Gasteiger partial charge >= 0.3 is 0 Å². The van der Waals surface area contributed by atoms with Crippen molar-refractivity contribution in [2.75, 3.05) is 0 Å². The number of thioether (sulfide) groups is 1. The summed E-state index contributed by atoms with van der Waals surface area (Å²) < 4.78 is 5.24. The number of nitrogens with zero attached hydrogens (tertiary/aromatic N) is 3. The van der Waals surface area contributed by atoms with E-state index in [1.807, 2.05) is 19.1 Å². The van der Waals surface area contributed by atoms with Gasteiger partial charge in [0, 0.05) is 22.3 Å². The molecule has 3 aromatic rings. The molecule has 0 spiro atoms. The first-order chi connectivity index (χ1) is 11.6. The predicted molar refractivity (Wildman–Crippen MR) is 93.2 cm³/mol. The van der Waals surface area contributed by atoms with Gasteiger partial charge in [-0.25, -0.2) is 4.98 Å². The highest BCUT2D eigenvalue weighted by Crippen LogP contribution is 2.22. The molecule has 3 rings (SSSR count). The lowest BCUT2D eigenvalue weighted by atomic mass is 10.2. The smallest absolute Gasteiger partial charge is 0.251 e. The summed E-state index contributed by atoms with van der Waals surface area (Å²) >= 11 is 7.22. The monoisotopic (exact) mass is 362 g/mol. The molecule has 0 aliphatic carbocycles. The van der Waals surface area contributed by atoms with Gasteiger partial charge in [-0.2, -0.15) is 4.98 Å². The van der Waals surface area contributed by atoms with Crippen molar-refractivity contribution in [2.24, 2.45) is 0 Å². The molecule has 0 saturated heterocycles. The standard InChI is InChI=1S/C16H15ClN4O2S/c1-2-3-12-8-13(22)19-16(18-12)24-9-14-20-15(21-23-14)10-4-6-11(17)7-5-10/h4-8H,2-3,9H2,1H3,(H,18,19,22). The molecule has 2 heterocycles. The Bertz CT molecular complexity index is 876. The van der Waals surface area contributed by atoms with Gasteiger partial charge in [-0.1, -0.05) is 41.9 Å². The van der Waals surface area contributed by atoms with Gasteiger partial charge in [0.2, 0.25) is 11.7 Å². The second kappa shape index (κ2) is 7.63. The van der Waals surface area contributed by atoms with Crippen LogP contribution in [0.3, 0.4) is 0 Å². The number of rotatable bonds is 6. The molecule has 0 aliphatic heterocycles. The van der Waals surface area contributed by atoms with Crippen LogP contribution in [-0.2, 0) is 12.2 Å². The van der Waals surface area contributed by atoms with E-state index < -0.39 is 0 Å². The lowest BCUT2D eigenvalue weighted by Crippen LogP contribution is -2.09. The van der Waals surface area contributed by atoms with Crippen molar-refractivity contribution in [1.29, 1.82) is 0 Å². The zero-order valence-electron chi connectivity index (χ0n) is 13.0. The van der Waals surface area contributed by atoms with Crippen LogP contribution >= 0.6 is 23.4 Å². The molecule has 0 radical (unpaired) electrons. The lowest BCUT2D eigenvalue weighted by Gasteiger charge is -2.01. The van der Waals surface area contributed by atoms with Crippen LogP contribution in [0.4, 0.5) is 0 Å². The van der Waals surface area contributed by atoms with Crippen LogP contribution in [0.25, 0.3) is 11.4 Å². The van der Waals surface area contributed by atoms with Crippen molar-refractivity contribution < 1.29 is 4.52 Å². The molecule has 24 heavy (non-hydrogen) atoms. The number of benzene rings is 1. The van der Waals surface area contributed by atoms with Crippen LogP contribution in [-0.4, -0.2) is 20.1 Å². The Morgan fingerprint density at radius 3 is 2.79 bits per heavy atom. The molecule has 0 saturated carbocycles. The Morgan fingerprint density at radius 2 is 2.04 bits per heavy atom. The van der Waals surface area contributed by atoms with E-state index in [0.29, 0.717) is 27.6 Å². The molecular formula is C16H15ClN4O2S. The molecule has 0 fully saturated rings. The van der Waals surface area contributed by atoms with Crippen LogP contribution in [0, 0.1) is 0 Å². The summed E-state index contributed by atoms with van der Waals surface area (Å²) in [5.74, 6) is 1.40. The fraction of sp³-hybridized carbons (Fsp3) is 0.250. The van der Waals surface area contributed by atoms with Crippen LogP contribution in [0.1, 0.15) is 24.9 Å². The molecule has 0 unspecified atom stereocenters. The summed E-state index contributed by atoms with van der Waals surface area (Å²) in [5.41, 5.74) is 1.47. The minimum atomic E-state index is -0.150. The van der Waals surface area contributed by atoms with Crippen molar-refractivity contribution in [2.45, 2.75) is 30.7 Å². The molecule has 1 aromatic carbocycles. The number of H-pyrrole nitrogens is 1. The lowest BCUT2D eigenvalue weighted by molar-refractivity contribution is 0.391. The highest BCUT2D eigenvalue weighted by molar-refractivity contribution is 7.98. The van der Waals surface area contributed by atoms with Crippen LogP contribution < -0.4 is 5.56 Å². The van der Waals surface area contributed by atoms with Crippen LogP contribution in [0.5, 0.6) is 0 Å². The number of halogens is 1.